The van der Waals surface area contributed by atoms with Crippen molar-refractivity contribution in [1.82, 2.24) is 0 Å². The van der Waals surface area contributed by atoms with Gasteiger partial charge in [-0.1, -0.05) is 48.5 Å². The van der Waals surface area contributed by atoms with E-state index in [0.717, 1.165) is 5.56 Å². The number of hydrogen-bond acceptors (Lipinski definition) is 6. The Morgan fingerprint density at radius 2 is 1.67 bits per heavy atom. The average Bonchev–Trinajstić information content (AvgIpc) is 2.98. The summed E-state index contributed by atoms with van der Waals surface area (Å²) in [6.45, 7) is 0.835. The molecule has 0 aliphatic carbocycles. The quantitative estimate of drug-likeness (QED) is 0.546. The molecule has 0 aromatic heterocycles. The summed E-state index contributed by atoms with van der Waals surface area (Å²) in [5, 5.41) is 20.0. The summed E-state index contributed by atoms with van der Waals surface area (Å²) in [4.78, 5) is 12.1. The first kappa shape index (κ1) is 19.5. The summed E-state index contributed by atoms with van der Waals surface area (Å²) in [6.07, 6.45) is -2.42. The van der Waals surface area contributed by atoms with E-state index in [2.05, 4.69) is 0 Å². The number of ether oxygens (including phenoxy) is 3. The van der Waals surface area contributed by atoms with Gasteiger partial charge >= 0.3 is 5.97 Å². The Balaban J connectivity index is 1.47. The molecule has 4 atom stereocenters. The van der Waals surface area contributed by atoms with Crippen LogP contribution >= 0.6 is 0 Å². The first-order valence-electron chi connectivity index (χ1n) is 9.00. The van der Waals surface area contributed by atoms with Crippen molar-refractivity contribution >= 4 is 5.97 Å². The molecule has 3 rings (SSSR count). The zero-order valence-electron chi connectivity index (χ0n) is 14.9. The fourth-order valence-corrected chi connectivity index (χ4v) is 3.11. The number of carbonyl (C=O) groups is 1. The summed E-state index contributed by atoms with van der Waals surface area (Å²) in [5.74, 6) is -0.839. The van der Waals surface area contributed by atoms with Crippen LogP contribution in [0, 0.1) is 5.92 Å². The van der Waals surface area contributed by atoms with Crippen molar-refractivity contribution in [2.75, 3.05) is 13.2 Å². The minimum Gasteiger partial charge on any atom is -0.459 e. The molecule has 6 nitrogen and oxygen atoms in total. The maximum absolute atomic E-state index is 12.1. The molecule has 1 fully saturated rings. The lowest BCUT2D eigenvalue weighted by Gasteiger charge is -2.19. The van der Waals surface area contributed by atoms with Crippen molar-refractivity contribution in [1.29, 1.82) is 0 Å². The van der Waals surface area contributed by atoms with Crippen LogP contribution in [0.1, 0.15) is 22.3 Å². The minimum absolute atomic E-state index is 0.0365. The second-order valence-electron chi connectivity index (χ2n) is 6.51. The molecule has 0 spiro atoms. The van der Waals surface area contributed by atoms with Gasteiger partial charge in [-0.05, 0) is 24.1 Å². The van der Waals surface area contributed by atoms with Gasteiger partial charge in [-0.2, -0.15) is 0 Å². The highest BCUT2D eigenvalue weighted by Crippen LogP contribution is 2.29. The van der Waals surface area contributed by atoms with Crippen LogP contribution in [-0.4, -0.2) is 47.9 Å². The number of benzene rings is 2. The van der Waals surface area contributed by atoms with Crippen LogP contribution in [0.15, 0.2) is 60.7 Å². The molecule has 0 saturated carbocycles. The number of aliphatic hydroxyl groups is 2. The maximum atomic E-state index is 12.1. The molecule has 0 amide bonds. The van der Waals surface area contributed by atoms with Crippen molar-refractivity contribution in [3.05, 3.63) is 71.8 Å². The smallest absolute Gasteiger partial charge is 0.338 e. The predicted molar refractivity (Wildman–Crippen MR) is 97.8 cm³/mol. The molecule has 144 valence electrons. The lowest BCUT2D eigenvalue weighted by Crippen LogP contribution is -2.31. The van der Waals surface area contributed by atoms with Gasteiger partial charge in [0.05, 0.1) is 12.2 Å². The van der Waals surface area contributed by atoms with Crippen molar-refractivity contribution in [2.24, 2.45) is 5.92 Å². The van der Waals surface area contributed by atoms with Crippen molar-refractivity contribution in [2.45, 2.75) is 31.5 Å². The van der Waals surface area contributed by atoms with Gasteiger partial charge in [0.2, 0.25) is 0 Å². The first-order valence-corrected chi connectivity index (χ1v) is 9.00. The standard InChI is InChI=1S/C21H24O6/c22-19-17(11-12-25-13-15-7-3-1-4-8-15)18(27-21(19)24)14-26-20(23)16-9-5-2-6-10-16/h1-10,17-19,21-22,24H,11-14H2/t17-,18+,19+,21?/m0/s1. The SMILES string of the molecule is O=C(OC[C@H]1OC(O)[C@H](O)[C@H]1CCOCc1ccccc1)c1ccccc1. The van der Waals surface area contributed by atoms with Crippen molar-refractivity contribution < 1.29 is 29.2 Å². The molecular formula is C21H24O6. The van der Waals surface area contributed by atoms with E-state index in [1.807, 2.05) is 36.4 Å². The van der Waals surface area contributed by atoms with Gasteiger partial charge in [-0.15, -0.1) is 0 Å². The van der Waals surface area contributed by atoms with Crippen LogP contribution in [-0.2, 0) is 20.8 Å². The van der Waals surface area contributed by atoms with Gasteiger partial charge < -0.3 is 24.4 Å². The Labute approximate surface area is 158 Å². The molecule has 6 heteroatoms. The van der Waals surface area contributed by atoms with Crippen molar-refractivity contribution in [3.8, 4) is 0 Å². The Kier molecular flexibility index (Phi) is 6.95. The molecule has 0 radical (unpaired) electrons. The van der Waals surface area contributed by atoms with E-state index in [9.17, 15) is 15.0 Å². The van der Waals surface area contributed by atoms with E-state index in [-0.39, 0.29) is 12.5 Å². The third kappa shape index (κ3) is 5.37. The Morgan fingerprint density at radius 3 is 2.37 bits per heavy atom. The minimum atomic E-state index is -1.29. The van der Waals surface area contributed by atoms with E-state index in [4.69, 9.17) is 14.2 Å². The zero-order valence-corrected chi connectivity index (χ0v) is 14.9. The van der Waals surface area contributed by atoms with Crippen molar-refractivity contribution in [3.63, 3.8) is 0 Å². The average molecular weight is 372 g/mol. The third-order valence-electron chi connectivity index (χ3n) is 4.62. The molecular weight excluding hydrogens is 348 g/mol. The highest BCUT2D eigenvalue weighted by molar-refractivity contribution is 5.89. The number of rotatable bonds is 8. The van der Waals surface area contributed by atoms with E-state index in [1.165, 1.54) is 0 Å². The molecule has 0 bridgehead atoms. The van der Waals surface area contributed by atoms with Gasteiger partial charge in [0, 0.05) is 12.5 Å². The molecule has 2 N–H and O–H groups in total. The summed E-state index contributed by atoms with van der Waals surface area (Å²) in [6, 6.07) is 18.4. The Bertz CT molecular complexity index is 705. The highest BCUT2D eigenvalue weighted by Gasteiger charge is 2.43. The Morgan fingerprint density at radius 1 is 1.00 bits per heavy atom. The molecule has 1 heterocycles. The topological polar surface area (TPSA) is 85.2 Å². The molecule has 1 unspecified atom stereocenters. The van der Waals surface area contributed by atoms with E-state index in [1.54, 1.807) is 24.3 Å². The number of aliphatic hydroxyl groups excluding tert-OH is 2. The molecule has 27 heavy (non-hydrogen) atoms. The predicted octanol–water partition coefficient (Wildman–Crippen LogP) is 2.14. The molecule has 1 aliphatic heterocycles. The van der Waals surface area contributed by atoms with Gasteiger partial charge in [0.25, 0.3) is 0 Å². The number of carbonyl (C=O) groups excluding carboxylic acids is 1. The van der Waals surface area contributed by atoms with Gasteiger partial charge in [0.1, 0.15) is 18.8 Å². The monoisotopic (exact) mass is 372 g/mol. The van der Waals surface area contributed by atoms with Crippen LogP contribution in [0.3, 0.4) is 0 Å². The summed E-state index contributed by atoms with van der Waals surface area (Å²) in [7, 11) is 0. The van der Waals surface area contributed by atoms with Gasteiger partial charge in [-0.3, -0.25) is 0 Å². The maximum Gasteiger partial charge on any atom is 0.338 e. The second-order valence-corrected chi connectivity index (χ2v) is 6.51. The summed E-state index contributed by atoms with van der Waals surface area (Å²) < 4.78 is 16.3. The largest absolute Gasteiger partial charge is 0.459 e. The lowest BCUT2D eigenvalue weighted by molar-refractivity contribution is -0.133. The van der Waals surface area contributed by atoms with E-state index < -0.39 is 24.5 Å². The molecule has 2 aromatic rings. The number of hydrogen-bond donors (Lipinski definition) is 2. The van der Waals surface area contributed by atoms with Gasteiger partial charge in [0.15, 0.2) is 6.29 Å². The normalized spacial score (nSPS) is 24.7. The second kappa shape index (κ2) is 9.62. The van der Waals surface area contributed by atoms with E-state index in [0.29, 0.717) is 25.2 Å². The van der Waals surface area contributed by atoms with Crippen LogP contribution in [0.5, 0.6) is 0 Å². The van der Waals surface area contributed by atoms with Gasteiger partial charge in [-0.25, -0.2) is 4.79 Å². The van der Waals surface area contributed by atoms with Crippen LogP contribution in [0.2, 0.25) is 0 Å². The molecule has 1 saturated heterocycles. The summed E-state index contributed by atoms with van der Waals surface area (Å²) in [5.41, 5.74) is 1.51. The Hall–Kier alpha value is -2.25. The summed E-state index contributed by atoms with van der Waals surface area (Å²) >= 11 is 0. The number of esters is 1. The zero-order chi connectivity index (χ0) is 19.1. The molecule has 2 aromatic carbocycles. The highest BCUT2D eigenvalue weighted by atomic mass is 16.6. The van der Waals surface area contributed by atoms with Crippen LogP contribution in [0.4, 0.5) is 0 Å². The fraction of sp³-hybridized carbons (Fsp3) is 0.381. The lowest BCUT2D eigenvalue weighted by atomic mass is 9.95. The van der Waals surface area contributed by atoms with Crippen LogP contribution in [0.25, 0.3) is 0 Å². The van der Waals surface area contributed by atoms with E-state index >= 15 is 0 Å². The first-order chi connectivity index (χ1) is 13.1. The fourth-order valence-electron chi connectivity index (χ4n) is 3.11. The van der Waals surface area contributed by atoms with Crippen LogP contribution < -0.4 is 0 Å². The molecule has 1 aliphatic rings. The third-order valence-corrected chi connectivity index (χ3v) is 4.62.